The van der Waals surface area contributed by atoms with Gasteiger partial charge in [0.15, 0.2) is 17.3 Å². The van der Waals surface area contributed by atoms with Crippen LogP contribution >= 0.6 is 0 Å². The molecule has 0 saturated heterocycles. The minimum absolute atomic E-state index is 0.289. The zero-order valence-corrected chi connectivity index (χ0v) is 13.4. The van der Waals surface area contributed by atoms with Crippen LogP contribution in [0.3, 0.4) is 0 Å². The Morgan fingerprint density at radius 1 is 1.14 bits per heavy atom. The first-order valence-corrected chi connectivity index (χ1v) is 7.70. The van der Waals surface area contributed by atoms with Crippen molar-refractivity contribution in [1.29, 1.82) is 0 Å². The van der Waals surface area contributed by atoms with Crippen molar-refractivity contribution in [1.82, 2.24) is 10.1 Å². The zero-order chi connectivity index (χ0) is 15.6. The number of fused-ring (bicyclic) bond motifs is 1. The molecule has 1 aliphatic rings. The Kier molecular flexibility index (Phi) is 4.05. The summed E-state index contributed by atoms with van der Waals surface area (Å²) in [6.45, 7) is 7.02. The molecule has 0 N–H and O–H groups in total. The van der Waals surface area contributed by atoms with Gasteiger partial charge < -0.3 is 14.0 Å². The highest BCUT2D eigenvalue weighted by molar-refractivity contribution is 5.44. The molecule has 0 saturated carbocycles. The van der Waals surface area contributed by atoms with Crippen molar-refractivity contribution < 1.29 is 14.0 Å². The number of aromatic nitrogens is 2. The summed E-state index contributed by atoms with van der Waals surface area (Å²) in [4.78, 5) is 4.47. The number of nitrogens with zero attached hydrogens (tertiary/aromatic N) is 2. The highest BCUT2D eigenvalue weighted by atomic mass is 16.7. The number of benzene rings is 1. The van der Waals surface area contributed by atoms with E-state index in [1.807, 2.05) is 18.2 Å². The van der Waals surface area contributed by atoms with Crippen LogP contribution in [0.25, 0.3) is 0 Å². The third-order valence-electron chi connectivity index (χ3n) is 3.63. The number of hydrogen-bond acceptors (Lipinski definition) is 5. The van der Waals surface area contributed by atoms with Crippen LogP contribution in [-0.4, -0.2) is 16.9 Å². The second kappa shape index (κ2) is 5.99. The number of hydrogen-bond donors (Lipinski definition) is 0. The molecule has 0 fully saturated rings. The molecule has 5 heteroatoms. The monoisotopic (exact) mass is 302 g/mol. The van der Waals surface area contributed by atoms with Gasteiger partial charge >= 0.3 is 0 Å². The van der Waals surface area contributed by atoms with Crippen LogP contribution in [0, 0.1) is 5.41 Å². The van der Waals surface area contributed by atoms with Crippen LogP contribution < -0.4 is 9.47 Å². The predicted octanol–water partition coefficient (Wildman–Crippen LogP) is 3.76. The van der Waals surface area contributed by atoms with Gasteiger partial charge in [0.05, 0.1) is 6.42 Å². The first-order valence-electron chi connectivity index (χ1n) is 7.70. The summed E-state index contributed by atoms with van der Waals surface area (Å²) in [5.41, 5.74) is 1.42. The van der Waals surface area contributed by atoms with Crippen LogP contribution in [0.2, 0.25) is 0 Å². The maximum Gasteiger partial charge on any atom is 0.231 e. The van der Waals surface area contributed by atoms with E-state index in [2.05, 4.69) is 30.9 Å². The highest BCUT2D eigenvalue weighted by Gasteiger charge is 2.15. The van der Waals surface area contributed by atoms with E-state index in [0.717, 1.165) is 42.1 Å². The zero-order valence-electron chi connectivity index (χ0n) is 13.4. The lowest BCUT2D eigenvalue weighted by Crippen LogP contribution is -2.05. The molecule has 2 aromatic rings. The Balaban J connectivity index is 1.57. The molecule has 0 atom stereocenters. The lowest BCUT2D eigenvalue weighted by atomic mass is 9.90. The first kappa shape index (κ1) is 14.9. The maximum absolute atomic E-state index is 5.38. The number of aryl methyl sites for hydroxylation is 1. The molecule has 2 heterocycles. The second-order valence-electron chi connectivity index (χ2n) is 6.88. The fraction of sp³-hybridized carbons (Fsp3) is 0.529. The fourth-order valence-corrected chi connectivity index (χ4v) is 2.47. The molecule has 0 unspecified atom stereocenters. The third kappa shape index (κ3) is 3.78. The average molecular weight is 302 g/mol. The van der Waals surface area contributed by atoms with Crippen LogP contribution in [0.15, 0.2) is 22.7 Å². The van der Waals surface area contributed by atoms with Crippen molar-refractivity contribution in [2.45, 2.75) is 46.5 Å². The molecule has 0 aliphatic carbocycles. The van der Waals surface area contributed by atoms with Gasteiger partial charge in [0.1, 0.15) is 0 Å². The predicted molar refractivity (Wildman–Crippen MR) is 82.1 cm³/mol. The molecular weight excluding hydrogens is 280 g/mol. The standard InChI is InChI=1S/C17H22N2O3/c1-17(2,3)8-4-5-15-18-16(22-19-15)10-12-6-7-13-14(9-12)21-11-20-13/h6-7,9H,4-5,8,10-11H2,1-3H3. The highest BCUT2D eigenvalue weighted by Crippen LogP contribution is 2.33. The molecule has 0 bridgehead atoms. The average Bonchev–Trinajstić information content (AvgIpc) is 3.06. The molecule has 1 aromatic heterocycles. The molecule has 0 amide bonds. The van der Waals surface area contributed by atoms with Crippen molar-refractivity contribution >= 4 is 0 Å². The Bertz CT molecular complexity index is 644. The lowest BCUT2D eigenvalue weighted by Gasteiger charge is -2.16. The molecular formula is C17H22N2O3. The largest absolute Gasteiger partial charge is 0.454 e. The fourth-order valence-electron chi connectivity index (χ4n) is 2.47. The summed E-state index contributed by atoms with van der Waals surface area (Å²) in [5, 5.41) is 4.06. The molecule has 3 rings (SSSR count). The molecule has 1 aromatic carbocycles. The van der Waals surface area contributed by atoms with E-state index in [1.165, 1.54) is 0 Å². The summed E-state index contributed by atoms with van der Waals surface area (Å²) in [6.07, 6.45) is 3.70. The molecule has 118 valence electrons. The van der Waals surface area contributed by atoms with E-state index >= 15 is 0 Å². The van der Waals surface area contributed by atoms with E-state index < -0.39 is 0 Å². The van der Waals surface area contributed by atoms with Gasteiger partial charge in [-0.15, -0.1) is 0 Å². The second-order valence-corrected chi connectivity index (χ2v) is 6.88. The van der Waals surface area contributed by atoms with Crippen LogP contribution in [-0.2, 0) is 12.8 Å². The van der Waals surface area contributed by atoms with E-state index in [9.17, 15) is 0 Å². The molecule has 1 aliphatic heterocycles. The SMILES string of the molecule is CC(C)(C)CCCc1noc(Cc2ccc3c(c2)OCO3)n1. The van der Waals surface area contributed by atoms with E-state index in [-0.39, 0.29) is 6.79 Å². The van der Waals surface area contributed by atoms with Gasteiger partial charge in [0, 0.05) is 6.42 Å². The van der Waals surface area contributed by atoms with Crippen molar-refractivity contribution in [2.24, 2.45) is 5.41 Å². The summed E-state index contributed by atoms with van der Waals surface area (Å²) in [6, 6.07) is 5.88. The number of rotatable bonds is 5. The van der Waals surface area contributed by atoms with Gasteiger partial charge in [-0.2, -0.15) is 4.98 Å². The molecule has 5 nitrogen and oxygen atoms in total. The van der Waals surface area contributed by atoms with E-state index in [4.69, 9.17) is 14.0 Å². The smallest absolute Gasteiger partial charge is 0.231 e. The summed E-state index contributed by atoms with van der Waals surface area (Å²) >= 11 is 0. The topological polar surface area (TPSA) is 57.4 Å². The minimum Gasteiger partial charge on any atom is -0.454 e. The summed E-state index contributed by atoms with van der Waals surface area (Å²) in [5.74, 6) is 3.00. The van der Waals surface area contributed by atoms with Crippen LogP contribution in [0.4, 0.5) is 0 Å². The minimum atomic E-state index is 0.289. The van der Waals surface area contributed by atoms with Gasteiger partial charge in [-0.25, -0.2) is 0 Å². The number of ether oxygens (including phenoxy) is 2. The van der Waals surface area contributed by atoms with Crippen LogP contribution in [0.1, 0.15) is 50.9 Å². The van der Waals surface area contributed by atoms with Gasteiger partial charge in [0.2, 0.25) is 12.7 Å². The third-order valence-corrected chi connectivity index (χ3v) is 3.63. The van der Waals surface area contributed by atoms with Crippen molar-refractivity contribution in [3.63, 3.8) is 0 Å². The molecule has 0 spiro atoms. The molecule has 22 heavy (non-hydrogen) atoms. The normalized spacial score (nSPS) is 13.6. The Morgan fingerprint density at radius 3 is 2.77 bits per heavy atom. The van der Waals surface area contributed by atoms with Crippen molar-refractivity contribution in [2.75, 3.05) is 6.79 Å². The van der Waals surface area contributed by atoms with Crippen molar-refractivity contribution in [3.05, 3.63) is 35.5 Å². The van der Waals surface area contributed by atoms with E-state index in [0.29, 0.717) is 17.7 Å². The van der Waals surface area contributed by atoms with E-state index in [1.54, 1.807) is 0 Å². The van der Waals surface area contributed by atoms with Gasteiger partial charge in [0.25, 0.3) is 0 Å². The van der Waals surface area contributed by atoms with Gasteiger partial charge in [-0.05, 0) is 36.0 Å². The van der Waals surface area contributed by atoms with Crippen molar-refractivity contribution in [3.8, 4) is 11.5 Å². The van der Waals surface area contributed by atoms with Gasteiger partial charge in [-0.1, -0.05) is 32.0 Å². The quantitative estimate of drug-likeness (QED) is 0.841. The Morgan fingerprint density at radius 2 is 1.95 bits per heavy atom. The summed E-state index contributed by atoms with van der Waals surface area (Å²) in [7, 11) is 0. The Hall–Kier alpha value is -2.04. The Labute approximate surface area is 130 Å². The maximum atomic E-state index is 5.38. The summed E-state index contributed by atoms with van der Waals surface area (Å²) < 4.78 is 16.0. The van der Waals surface area contributed by atoms with Gasteiger partial charge in [-0.3, -0.25) is 0 Å². The first-order chi connectivity index (χ1) is 10.5. The van der Waals surface area contributed by atoms with Crippen LogP contribution in [0.5, 0.6) is 11.5 Å². The molecule has 0 radical (unpaired) electrons. The lowest BCUT2D eigenvalue weighted by molar-refractivity contribution is 0.174.